The molecule has 0 unspecified atom stereocenters. The maximum atomic E-state index is 13.0. The van der Waals surface area contributed by atoms with Gasteiger partial charge in [0.15, 0.2) is 0 Å². The Bertz CT molecular complexity index is 723. The van der Waals surface area contributed by atoms with Crippen molar-refractivity contribution in [1.82, 2.24) is 15.0 Å². The van der Waals surface area contributed by atoms with Gasteiger partial charge in [-0.2, -0.15) is 0 Å². The standard InChI is InChI=1S/C18H22N4O2/c1-12-17(13(2)24-20-12)11-22-16-4-3-14(18(22)23)9-21(10-16)15-5-7-19-8-6-15/h5-8,14,16H,3-4,9-11H2,1-2H3/t14-,16+/m0/s1. The zero-order valence-corrected chi connectivity index (χ0v) is 14.1. The van der Waals surface area contributed by atoms with Gasteiger partial charge in [-0.05, 0) is 38.8 Å². The molecule has 5 rings (SSSR count). The Morgan fingerprint density at radius 2 is 2.00 bits per heavy atom. The normalized spacial score (nSPS) is 23.7. The first-order valence-electron chi connectivity index (χ1n) is 8.50. The Hall–Kier alpha value is -2.37. The highest BCUT2D eigenvalue weighted by atomic mass is 16.5. The van der Waals surface area contributed by atoms with Crippen LogP contribution >= 0.6 is 0 Å². The van der Waals surface area contributed by atoms with E-state index < -0.39 is 0 Å². The van der Waals surface area contributed by atoms with Gasteiger partial charge in [0.1, 0.15) is 5.76 Å². The Balaban J connectivity index is 1.60. The Kier molecular flexibility index (Phi) is 3.75. The smallest absolute Gasteiger partial charge is 0.228 e. The summed E-state index contributed by atoms with van der Waals surface area (Å²) in [7, 11) is 0. The summed E-state index contributed by atoms with van der Waals surface area (Å²) in [4.78, 5) is 21.4. The number of amides is 1. The van der Waals surface area contributed by atoms with Gasteiger partial charge in [-0.1, -0.05) is 5.16 Å². The number of rotatable bonds is 3. The van der Waals surface area contributed by atoms with Gasteiger partial charge in [0, 0.05) is 42.8 Å². The molecule has 0 saturated carbocycles. The van der Waals surface area contributed by atoms with Gasteiger partial charge in [-0.3, -0.25) is 9.78 Å². The second kappa shape index (κ2) is 5.92. The summed E-state index contributed by atoms with van der Waals surface area (Å²) in [5.74, 6) is 1.15. The van der Waals surface area contributed by atoms with Crippen LogP contribution in [0.4, 0.5) is 5.69 Å². The maximum Gasteiger partial charge on any atom is 0.228 e. The molecule has 0 aromatic carbocycles. The van der Waals surface area contributed by atoms with Crippen molar-refractivity contribution >= 4 is 11.6 Å². The highest BCUT2D eigenvalue weighted by Gasteiger charge is 2.41. The van der Waals surface area contributed by atoms with Crippen molar-refractivity contribution in [3.8, 4) is 0 Å². The summed E-state index contributed by atoms with van der Waals surface area (Å²) in [6.45, 7) is 6.12. The van der Waals surface area contributed by atoms with Crippen molar-refractivity contribution in [2.45, 2.75) is 39.3 Å². The lowest BCUT2D eigenvalue weighted by Gasteiger charge is -2.36. The molecule has 1 amide bonds. The Labute approximate surface area is 141 Å². The van der Waals surface area contributed by atoms with E-state index in [1.165, 1.54) is 0 Å². The number of fused-ring (bicyclic) bond motifs is 4. The van der Waals surface area contributed by atoms with Gasteiger partial charge in [-0.25, -0.2) is 0 Å². The molecule has 5 heterocycles. The lowest BCUT2D eigenvalue weighted by molar-refractivity contribution is -0.140. The van der Waals surface area contributed by atoms with Crippen LogP contribution < -0.4 is 4.90 Å². The second-order valence-electron chi connectivity index (χ2n) is 6.81. The number of pyridine rings is 1. The fourth-order valence-corrected chi connectivity index (χ4v) is 3.91. The van der Waals surface area contributed by atoms with Gasteiger partial charge >= 0.3 is 0 Å². The largest absolute Gasteiger partial charge is 0.369 e. The summed E-state index contributed by atoms with van der Waals surface area (Å²) < 4.78 is 5.27. The summed E-state index contributed by atoms with van der Waals surface area (Å²) in [6, 6.07) is 4.28. The SMILES string of the molecule is Cc1noc(C)c1CN1C(=O)[C@H]2CC[C@@H]1CN(c1ccncc1)C2. The highest BCUT2D eigenvalue weighted by molar-refractivity contribution is 5.81. The molecule has 2 aromatic heterocycles. The van der Waals surface area contributed by atoms with Crippen LogP contribution in [0.2, 0.25) is 0 Å². The molecule has 2 aromatic rings. The Morgan fingerprint density at radius 3 is 2.71 bits per heavy atom. The molecule has 3 fully saturated rings. The molecule has 0 N–H and O–H groups in total. The molecule has 3 aliphatic heterocycles. The third-order valence-electron chi connectivity index (χ3n) is 5.33. The first-order chi connectivity index (χ1) is 11.6. The van der Waals surface area contributed by atoms with Crippen molar-refractivity contribution in [2.24, 2.45) is 5.92 Å². The quantitative estimate of drug-likeness (QED) is 0.866. The fourth-order valence-electron chi connectivity index (χ4n) is 3.91. The average Bonchev–Trinajstić information content (AvgIpc) is 2.79. The van der Waals surface area contributed by atoms with Crippen LogP contribution in [0.5, 0.6) is 0 Å². The number of nitrogens with zero attached hydrogens (tertiary/aromatic N) is 4. The monoisotopic (exact) mass is 326 g/mol. The van der Waals surface area contributed by atoms with Crippen molar-refractivity contribution in [3.05, 3.63) is 41.5 Å². The van der Waals surface area contributed by atoms with Crippen LogP contribution in [0.15, 0.2) is 29.0 Å². The number of anilines is 1. The third-order valence-corrected chi connectivity index (χ3v) is 5.33. The van der Waals surface area contributed by atoms with E-state index in [1.54, 1.807) is 0 Å². The molecular formula is C18H22N4O2. The zero-order chi connectivity index (χ0) is 16.7. The van der Waals surface area contributed by atoms with Crippen LogP contribution in [0.1, 0.15) is 29.9 Å². The molecule has 3 saturated heterocycles. The number of carbonyl (C=O) groups excluding carboxylic acids is 1. The highest BCUT2D eigenvalue weighted by Crippen LogP contribution is 2.33. The van der Waals surface area contributed by atoms with Crippen LogP contribution in [0.3, 0.4) is 0 Å². The van der Waals surface area contributed by atoms with Gasteiger partial charge in [0.2, 0.25) is 5.91 Å². The summed E-state index contributed by atoms with van der Waals surface area (Å²) >= 11 is 0. The van der Waals surface area contributed by atoms with E-state index in [9.17, 15) is 4.79 Å². The first kappa shape index (κ1) is 15.2. The maximum absolute atomic E-state index is 13.0. The summed E-state index contributed by atoms with van der Waals surface area (Å²) in [6.07, 6.45) is 5.65. The average molecular weight is 326 g/mol. The molecule has 3 aliphatic rings. The summed E-state index contributed by atoms with van der Waals surface area (Å²) in [5.41, 5.74) is 3.08. The van der Waals surface area contributed by atoms with Gasteiger partial charge in [-0.15, -0.1) is 0 Å². The van der Waals surface area contributed by atoms with Crippen molar-refractivity contribution in [3.63, 3.8) is 0 Å². The van der Waals surface area contributed by atoms with E-state index in [0.717, 1.165) is 48.6 Å². The minimum atomic E-state index is 0.0670. The van der Waals surface area contributed by atoms with E-state index in [4.69, 9.17) is 4.52 Å². The lowest BCUT2D eigenvalue weighted by atomic mass is 9.93. The van der Waals surface area contributed by atoms with Crippen molar-refractivity contribution in [1.29, 1.82) is 0 Å². The molecule has 2 atom stereocenters. The minimum absolute atomic E-state index is 0.0670. The van der Waals surface area contributed by atoms with Crippen LogP contribution in [-0.4, -0.2) is 40.1 Å². The molecule has 6 heteroatoms. The number of aryl methyl sites for hydroxylation is 2. The molecule has 24 heavy (non-hydrogen) atoms. The molecule has 0 radical (unpaired) electrons. The first-order valence-corrected chi connectivity index (χ1v) is 8.50. The van der Waals surface area contributed by atoms with E-state index >= 15 is 0 Å². The second-order valence-corrected chi connectivity index (χ2v) is 6.81. The molecule has 2 bridgehead atoms. The van der Waals surface area contributed by atoms with Crippen LogP contribution in [-0.2, 0) is 11.3 Å². The van der Waals surface area contributed by atoms with Gasteiger partial charge < -0.3 is 14.3 Å². The van der Waals surface area contributed by atoms with E-state index in [1.807, 2.05) is 43.3 Å². The number of piperidine rings is 1. The topological polar surface area (TPSA) is 62.5 Å². The zero-order valence-electron chi connectivity index (χ0n) is 14.1. The number of hydrogen-bond acceptors (Lipinski definition) is 5. The van der Waals surface area contributed by atoms with E-state index in [2.05, 4.69) is 15.0 Å². The third kappa shape index (κ3) is 2.56. The molecule has 126 valence electrons. The van der Waals surface area contributed by atoms with Gasteiger partial charge in [0.25, 0.3) is 0 Å². The number of aromatic nitrogens is 2. The Morgan fingerprint density at radius 1 is 1.21 bits per heavy atom. The fraction of sp³-hybridized carbons (Fsp3) is 0.500. The molecule has 6 nitrogen and oxygen atoms in total. The summed E-state index contributed by atoms with van der Waals surface area (Å²) in [5, 5.41) is 4.02. The van der Waals surface area contributed by atoms with Crippen LogP contribution in [0, 0.1) is 19.8 Å². The minimum Gasteiger partial charge on any atom is -0.369 e. The molecule has 0 aliphatic carbocycles. The number of carbonyl (C=O) groups is 1. The van der Waals surface area contributed by atoms with Gasteiger partial charge in [0.05, 0.1) is 18.2 Å². The predicted molar refractivity (Wildman–Crippen MR) is 89.5 cm³/mol. The van der Waals surface area contributed by atoms with Crippen molar-refractivity contribution < 1.29 is 9.32 Å². The predicted octanol–water partition coefficient (Wildman–Crippen LogP) is 2.31. The number of hydrogen-bond donors (Lipinski definition) is 0. The lowest BCUT2D eigenvalue weighted by Crippen LogP contribution is -2.47. The molecular weight excluding hydrogens is 304 g/mol. The van der Waals surface area contributed by atoms with Crippen LogP contribution in [0.25, 0.3) is 0 Å². The van der Waals surface area contributed by atoms with E-state index in [-0.39, 0.29) is 17.9 Å². The molecule has 0 spiro atoms. The van der Waals surface area contributed by atoms with E-state index in [0.29, 0.717) is 6.54 Å². The van der Waals surface area contributed by atoms with Crippen molar-refractivity contribution in [2.75, 3.05) is 18.0 Å².